The molecule has 10 N–H and O–H groups in total. The van der Waals surface area contributed by atoms with Crippen LogP contribution in [0.25, 0.3) is 6.08 Å². The molecule has 0 aliphatic heterocycles. The summed E-state index contributed by atoms with van der Waals surface area (Å²) in [5, 5.41) is 37.4. The summed E-state index contributed by atoms with van der Waals surface area (Å²) in [6, 6.07) is 27.8. The number of esters is 3. The maximum absolute atomic E-state index is 15.6. The maximum atomic E-state index is 15.6. The number of carbonyl (C=O) groups is 11. The second-order valence-corrected chi connectivity index (χ2v) is 27.7. The van der Waals surface area contributed by atoms with Crippen LogP contribution < -0.4 is 32.7 Å². The van der Waals surface area contributed by atoms with Crippen LogP contribution in [0.1, 0.15) is 163 Å². The number of aliphatic hydroxyl groups is 2. The highest BCUT2D eigenvalue weighted by Gasteiger charge is 2.74. The van der Waals surface area contributed by atoms with Crippen molar-refractivity contribution in [1.82, 2.24) is 21.3 Å². The minimum Gasteiger partial charge on any atom is -0.455 e. The van der Waals surface area contributed by atoms with Gasteiger partial charge in [0.1, 0.15) is 35.7 Å². The number of nitrogens with one attached hydrogen (secondary N) is 4. The van der Waals surface area contributed by atoms with Crippen LogP contribution in [-0.4, -0.2) is 124 Å². The van der Waals surface area contributed by atoms with Crippen molar-refractivity contribution in [3.05, 3.63) is 160 Å². The molecular formula is C74H89ClN6O16. The highest BCUT2D eigenvalue weighted by Crippen LogP contribution is 2.70. The van der Waals surface area contributed by atoms with Gasteiger partial charge in [-0.25, -0.2) is 9.59 Å². The number of ether oxygens (including phenoxy) is 3. The smallest absolute Gasteiger partial charge is 0.350 e. The fourth-order valence-electron chi connectivity index (χ4n) is 15.0. The van der Waals surface area contributed by atoms with Crippen LogP contribution in [-0.2, 0) is 57.4 Å². The van der Waals surface area contributed by atoms with Gasteiger partial charge < -0.3 is 57.2 Å². The van der Waals surface area contributed by atoms with E-state index in [-0.39, 0.29) is 74.3 Å². The number of aliphatic hydroxyl groups excluding tert-OH is 1. The monoisotopic (exact) mass is 1350 g/mol. The summed E-state index contributed by atoms with van der Waals surface area (Å²) in [6.07, 6.45) is -3.02. The molecule has 0 spiro atoms. The first-order chi connectivity index (χ1) is 45.9. The van der Waals surface area contributed by atoms with Crippen molar-refractivity contribution >= 4 is 82.6 Å². The van der Waals surface area contributed by atoms with Crippen LogP contribution in [0.15, 0.2) is 132 Å². The first-order valence-corrected chi connectivity index (χ1v) is 33.4. The summed E-state index contributed by atoms with van der Waals surface area (Å²) in [5.41, 5.74) is 7.77. The first kappa shape index (κ1) is 73.9. The molecule has 4 aliphatic rings. The standard InChI is InChI=1S/C74H89ClN6O16/c1-42-54(41-74(94)65(97-69(92)48-23-15-10-16-24-48)63-72(6)37-36-50(72)40-55(83)73(63,7)64(88)43(2)60(42)71(74,4)5)95-70(93)62(61(46-19-11-8-12-20-46)81-68(91)47-21-13-9-14-22-47)96-59(87)35-34-56(84)78-38-18-17-25-52(67(77)90)80-58(86)33-29-49(66(76)89)39-53(82)44(3)79-57(85)32-28-45-26-30-51(75)31-27-45/h8-16,19-24,26-28,30-32,43-44,49-50,52,54-55,61-63,65,83,94H,17-18,25,29,33-41H2,1-7H3,(H2,76,89)(H2,77,90)(H,78,84)(H,79,85)(H,80,86)(H,81,91)/b32-28+/t43-,44?,49+,50+,52?,54-,55-,61-,62+,63+,65-,72+,73+,74+/m0/s1. The number of carbonyl (C=O) groups excluding carboxylic acids is 11. The minimum atomic E-state index is -2.11. The Bertz CT molecular complexity index is 3660. The van der Waals surface area contributed by atoms with Gasteiger partial charge in [0.2, 0.25) is 35.6 Å². The highest BCUT2D eigenvalue weighted by atomic mass is 35.5. The lowest BCUT2D eigenvalue weighted by molar-refractivity contribution is -0.265. The minimum absolute atomic E-state index is 0.0590. The van der Waals surface area contributed by atoms with E-state index in [1.807, 2.05) is 6.92 Å². The molecule has 3 fully saturated rings. The summed E-state index contributed by atoms with van der Waals surface area (Å²) in [4.78, 5) is 151. The number of rotatable bonds is 29. The van der Waals surface area contributed by atoms with Crippen molar-refractivity contribution in [2.75, 3.05) is 6.54 Å². The zero-order chi connectivity index (χ0) is 70.7. The lowest BCUT2D eigenvalue weighted by Crippen LogP contribution is -2.74. The number of fused-ring (bicyclic) bond motifs is 5. The number of primary amides is 2. The van der Waals surface area contributed by atoms with Crippen LogP contribution in [0.5, 0.6) is 0 Å². The highest BCUT2D eigenvalue weighted by molar-refractivity contribution is 6.30. The Kier molecular flexibility index (Phi) is 24.1. The van der Waals surface area contributed by atoms with Crippen LogP contribution in [0.2, 0.25) is 5.02 Å². The third-order valence-electron chi connectivity index (χ3n) is 20.8. The molecule has 4 aromatic rings. The Hall–Kier alpha value is -8.86. The Labute approximate surface area is 569 Å². The molecule has 4 aliphatic carbocycles. The molecule has 22 nitrogen and oxygen atoms in total. The predicted molar refractivity (Wildman–Crippen MR) is 359 cm³/mol. The van der Waals surface area contributed by atoms with Crippen molar-refractivity contribution in [3.63, 3.8) is 0 Å². The number of amides is 6. The summed E-state index contributed by atoms with van der Waals surface area (Å²) < 4.78 is 19.2. The fourth-order valence-corrected chi connectivity index (χ4v) is 15.2. The molecule has 518 valence electrons. The van der Waals surface area contributed by atoms with Gasteiger partial charge in [-0.1, -0.05) is 118 Å². The van der Waals surface area contributed by atoms with E-state index in [9.17, 15) is 53.4 Å². The third-order valence-corrected chi connectivity index (χ3v) is 21.0. The SMILES string of the molecule is CC1=C2[C@H](C)C(=O)[C@@]3(C)[C@H]([C@H](OC(=O)c4ccccc4)[C@](O)(C[C@@H]1OC(=O)[C@H](OC(=O)CCC(=O)NCCCCC(NC(=O)CC[C@H](CC(=O)C(C)NC(=O)/C=C/c1ccc(Cl)cc1)C(N)=O)C(N)=O)[C@@H](NC(=O)c1ccccc1)c1ccccc1)C2(C)C)[C@]1(C)CC[C@@H]1C[C@@H]3O. The summed E-state index contributed by atoms with van der Waals surface area (Å²) in [5.74, 6) is -10.9. The molecule has 0 radical (unpaired) electrons. The van der Waals surface area contributed by atoms with Gasteiger partial charge in [0.15, 0.2) is 5.78 Å². The molecule has 8 rings (SSSR count). The predicted octanol–water partition coefficient (Wildman–Crippen LogP) is 7.46. The molecule has 14 atom stereocenters. The van der Waals surface area contributed by atoms with Gasteiger partial charge in [0.05, 0.1) is 29.5 Å². The average molecular weight is 1350 g/mol. The molecule has 23 heteroatoms. The van der Waals surface area contributed by atoms with Crippen LogP contribution in [0.4, 0.5) is 0 Å². The lowest BCUT2D eigenvalue weighted by Gasteiger charge is -2.68. The van der Waals surface area contributed by atoms with E-state index in [1.165, 1.54) is 19.1 Å². The van der Waals surface area contributed by atoms with Gasteiger partial charge in [-0.3, -0.25) is 43.2 Å². The van der Waals surface area contributed by atoms with Gasteiger partial charge in [-0.2, -0.15) is 0 Å². The fraction of sp³-hybridized carbons (Fsp3) is 0.473. The summed E-state index contributed by atoms with van der Waals surface area (Å²) >= 11 is 5.91. The zero-order valence-electron chi connectivity index (χ0n) is 55.8. The number of Topliss-reactive ketones (excluding diaryl/α,β-unsaturated/α-hetero) is 2. The molecule has 2 unspecified atom stereocenters. The van der Waals surface area contributed by atoms with Gasteiger partial charge in [0.25, 0.3) is 5.91 Å². The number of hydrogen-bond donors (Lipinski definition) is 8. The Morgan fingerprint density at radius 1 is 0.753 bits per heavy atom. The van der Waals surface area contributed by atoms with E-state index < -0.39 is 154 Å². The van der Waals surface area contributed by atoms with Crippen molar-refractivity contribution < 1.29 is 77.2 Å². The van der Waals surface area contributed by atoms with Gasteiger partial charge in [0, 0.05) is 72.1 Å². The number of hydrogen-bond acceptors (Lipinski definition) is 16. The normalized spacial score (nSPS) is 25.4. The zero-order valence-corrected chi connectivity index (χ0v) is 56.6. The van der Waals surface area contributed by atoms with Gasteiger partial charge in [-0.05, 0) is 142 Å². The van der Waals surface area contributed by atoms with Crippen LogP contribution in [0, 0.1) is 39.9 Å². The van der Waals surface area contributed by atoms with Crippen molar-refractivity contribution in [1.29, 1.82) is 0 Å². The van der Waals surface area contributed by atoms with Crippen molar-refractivity contribution in [2.45, 2.75) is 174 Å². The summed E-state index contributed by atoms with van der Waals surface area (Å²) in [6.45, 7) is 12.2. The third kappa shape index (κ3) is 16.8. The molecule has 0 saturated heterocycles. The molecular weight excluding hydrogens is 1260 g/mol. The van der Waals surface area contributed by atoms with E-state index in [1.54, 1.807) is 150 Å². The van der Waals surface area contributed by atoms with Gasteiger partial charge in [-0.15, -0.1) is 0 Å². The van der Waals surface area contributed by atoms with E-state index in [2.05, 4.69) is 21.3 Å². The molecule has 2 bridgehead atoms. The van der Waals surface area contributed by atoms with E-state index in [4.69, 9.17) is 37.3 Å². The molecule has 97 heavy (non-hydrogen) atoms. The largest absolute Gasteiger partial charge is 0.455 e. The van der Waals surface area contributed by atoms with E-state index >= 15 is 9.59 Å². The molecule has 0 aromatic heterocycles. The lowest BCUT2D eigenvalue weighted by atomic mass is 9.37. The number of unbranched alkanes of at least 4 members (excludes halogenated alkanes) is 1. The second kappa shape index (κ2) is 31.6. The van der Waals surface area contributed by atoms with Crippen molar-refractivity contribution in [2.24, 2.45) is 51.4 Å². The van der Waals surface area contributed by atoms with E-state index in [0.29, 0.717) is 40.1 Å². The Balaban J connectivity index is 0.933. The van der Waals surface area contributed by atoms with Crippen molar-refractivity contribution in [3.8, 4) is 0 Å². The van der Waals surface area contributed by atoms with Crippen LogP contribution >= 0.6 is 11.6 Å². The maximum Gasteiger partial charge on any atom is 0.350 e. The Morgan fingerprint density at radius 2 is 1.38 bits per heavy atom. The van der Waals surface area contributed by atoms with Gasteiger partial charge >= 0.3 is 17.9 Å². The second-order valence-electron chi connectivity index (χ2n) is 27.2. The Morgan fingerprint density at radius 3 is 1.99 bits per heavy atom. The first-order valence-electron chi connectivity index (χ1n) is 33.0. The number of benzene rings is 4. The molecule has 4 aromatic carbocycles. The average Bonchev–Trinajstić information content (AvgIpc) is 0.674. The summed E-state index contributed by atoms with van der Waals surface area (Å²) in [7, 11) is 0. The van der Waals surface area contributed by atoms with Crippen LogP contribution in [0.3, 0.4) is 0 Å². The molecule has 6 amide bonds. The number of nitrogens with two attached hydrogens (primary N) is 2. The van der Waals surface area contributed by atoms with E-state index in [0.717, 1.165) is 6.42 Å². The number of ketones is 2. The molecule has 3 saturated carbocycles. The molecule has 0 heterocycles. The number of halogens is 1. The quantitative estimate of drug-likeness (QED) is 0.00860. The topological polar surface area (TPSA) is 356 Å².